The lowest BCUT2D eigenvalue weighted by Gasteiger charge is -2.29. The topological polar surface area (TPSA) is 79.4 Å². The molecule has 1 aliphatic heterocycles. The number of rotatable bonds is 2. The molecule has 0 aromatic carbocycles. The third-order valence-corrected chi connectivity index (χ3v) is 4.08. The summed E-state index contributed by atoms with van der Waals surface area (Å²) >= 11 is 0. The first-order valence-corrected chi connectivity index (χ1v) is 6.88. The van der Waals surface area contributed by atoms with E-state index in [1.165, 1.54) is 42.5 Å². The van der Waals surface area contributed by atoms with Gasteiger partial charge in [-0.1, -0.05) is 6.42 Å². The van der Waals surface area contributed by atoms with E-state index in [0.29, 0.717) is 17.6 Å². The van der Waals surface area contributed by atoms with E-state index in [0.717, 1.165) is 19.5 Å². The number of nitrogens with one attached hydrogen (secondary N) is 2. The minimum Gasteiger partial charge on any atom is -0.312 e. The van der Waals surface area contributed by atoms with Crippen molar-refractivity contribution in [2.75, 3.05) is 6.54 Å². The van der Waals surface area contributed by atoms with Gasteiger partial charge in [0.2, 0.25) is 0 Å². The molecule has 0 unspecified atom stereocenters. The number of aromatic amines is 1. The van der Waals surface area contributed by atoms with Crippen LogP contribution in [0.1, 0.15) is 42.1 Å². The predicted octanol–water partition coefficient (Wildman–Crippen LogP) is 1.17. The van der Waals surface area contributed by atoms with E-state index >= 15 is 0 Å². The standard InChI is InChI=1S/C13H16N6/c1-2-8(3-1)11-9-6-14-5-4-10(9)17-13(18-11)12-15-7-16-19-12/h7-8,14H,1-6H2,(H,15,16,19). The molecule has 2 N–H and O–H groups in total. The Labute approximate surface area is 111 Å². The summed E-state index contributed by atoms with van der Waals surface area (Å²) in [6.07, 6.45) is 6.29. The molecule has 98 valence electrons. The van der Waals surface area contributed by atoms with Crippen molar-refractivity contribution in [2.45, 2.75) is 38.1 Å². The lowest BCUT2D eigenvalue weighted by Crippen LogP contribution is -2.28. The molecule has 0 atom stereocenters. The summed E-state index contributed by atoms with van der Waals surface area (Å²) in [5.74, 6) is 1.97. The third kappa shape index (κ3) is 1.83. The van der Waals surface area contributed by atoms with Crippen molar-refractivity contribution in [1.29, 1.82) is 0 Å². The summed E-state index contributed by atoms with van der Waals surface area (Å²) < 4.78 is 0. The van der Waals surface area contributed by atoms with E-state index < -0.39 is 0 Å². The Balaban J connectivity index is 1.85. The monoisotopic (exact) mass is 256 g/mol. The first kappa shape index (κ1) is 11.0. The molecule has 6 heteroatoms. The molecule has 2 aromatic heterocycles. The van der Waals surface area contributed by atoms with Crippen LogP contribution in [0.3, 0.4) is 0 Å². The Bertz CT molecular complexity index is 587. The van der Waals surface area contributed by atoms with Gasteiger partial charge in [0, 0.05) is 31.0 Å². The van der Waals surface area contributed by atoms with Gasteiger partial charge in [-0.25, -0.2) is 15.0 Å². The summed E-state index contributed by atoms with van der Waals surface area (Å²) in [5, 5.41) is 10.2. The van der Waals surface area contributed by atoms with Crippen molar-refractivity contribution in [3.8, 4) is 11.6 Å². The van der Waals surface area contributed by atoms with Gasteiger partial charge in [-0.15, -0.1) is 0 Å². The first-order valence-electron chi connectivity index (χ1n) is 6.88. The zero-order chi connectivity index (χ0) is 12.7. The third-order valence-electron chi connectivity index (χ3n) is 4.08. The lowest BCUT2D eigenvalue weighted by atomic mass is 9.80. The van der Waals surface area contributed by atoms with E-state index in [-0.39, 0.29) is 0 Å². The minimum atomic E-state index is 0.610. The quantitative estimate of drug-likeness (QED) is 0.843. The van der Waals surface area contributed by atoms with Gasteiger partial charge in [0.1, 0.15) is 6.33 Å². The molecule has 0 bridgehead atoms. The molecule has 4 rings (SSSR count). The van der Waals surface area contributed by atoms with Crippen LogP contribution in [-0.2, 0) is 13.0 Å². The summed E-state index contributed by atoms with van der Waals surface area (Å²) in [5.41, 5.74) is 3.73. The molecule has 1 saturated carbocycles. The van der Waals surface area contributed by atoms with Gasteiger partial charge in [-0.05, 0) is 12.8 Å². The molecule has 2 aromatic rings. The van der Waals surface area contributed by atoms with Crippen molar-refractivity contribution in [3.63, 3.8) is 0 Å². The maximum absolute atomic E-state index is 4.77. The molecule has 0 saturated heterocycles. The van der Waals surface area contributed by atoms with Crippen molar-refractivity contribution in [3.05, 3.63) is 23.3 Å². The van der Waals surface area contributed by atoms with Crippen LogP contribution < -0.4 is 5.32 Å². The van der Waals surface area contributed by atoms with Crippen molar-refractivity contribution >= 4 is 0 Å². The SMILES string of the molecule is c1n[nH]c(-c2nc3c(c(C4CCC4)n2)CNCC3)n1. The molecule has 1 fully saturated rings. The van der Waals surface area contributed by atoms with Gasteiger partial charge in [0.15, 0.2) is 11.6 Å². The zero-order valence-corrected chi connectivity index (χ0v) is 10.7. The second-order valence-corrected chi connectivity index (χ2v) is 5.25. The second-order valence-electron chi connectivity index (χ2n) is 5.25. The molecule has 0 amide bonds. The van der Waals surface area contributed by atoms with E-state index in [2.05, 4.69) is 25.5 Å². The molecule has 1 aliphatic carbocycles. The Morgan fingerprint density at radius 1 is 1.21 bits per heavy atom. The van der Waals surface area contributed by atoms with Gasteiger partial charge >= 0.3 is 0 Å². The van der Waals surface area contributed by atoms with Crippen LogP contribution in [0.2, 0.25) is 0 Å². The van der Waals surface area contributed by atoms with E-state index in [1.807, 2.05) is 0 Å². The van der Waals surface area contributed by atoms with Gasteiger partial charge in [-0.2, -0.15) is 5.10 Å². The number of H-pyrrole nitrogens is 1. The summed E-state index contributed by atoms with van der Waals surface area (Å²) in [4.78, 5) is 13.6. The second kappa shape index (κ2) is 4.38. The highest BCUT2D eigenvalue weighted by atomic mass is 15.2. The molecule has 0 radical (unpaired) electrons. The number of hydrogen-bond donors (Lipinski definition) is 2. The smallest absolute Gasteiger partial charge is 0.197 e. The normalized spacial score (nSPS) is 18.9. The van der Waals surface area contributed by atoms with E-state index in [9.17, 15) is 0 Å². The van der Waals surface area contributed by atoms with E-state index in [4.69, 9.17) is 4.98 Å². The Kier molecular flexibility index (Phi) is 2.55. The fraction of sp³-hybridized carbons (Fsp3) is 0.538. The van der Waals surface area contributed by atoms with Gasteiger partial charge in [0.25, 0.3) is 0 Å². The Morgan fingerprint density at radius 3 is 2.89 bits per heavy atom. The fourth-order valence-electron chi connectivity index (χ4n) is 2.81. The minimum absolute atomic E-state index is 0.610. The van der Waals surface area contributed by atoms with Crippen molar-refractivity contribution in [1.82, 2.24) is 30.5 Å². The molecule has 2 aliphatic rings. The van der Waals surface area contributed by atoms with Crippen molar-refractivity contribution in [2.24, 2.45) is 0 Å². The highest BCUT2D eigenvalue weighted by molar-refractivity contribution is 5.46. The maximum Gasteiger partial charge on any atom is 0.197 e. The summed E-state index contributed by atoms with van der Waals surface area (Å²) in [6, 6.07) is 0. The summed E-state index contributed by atoms with van der Waals surface area (Å²) in [6.45, 7) is 1.89. The highest BCUT2D eigenvalue weighted by Gasteiger charge is 2.28. The number of nitrogens with zero attached hydrogens (tertiary/aromatic N) is 4. The molecule has 0 spiro atoms. The Hall–Kier alpha value is -1.82. The van der Waals surface area contributed by atoms with Crippen LogP contribution in [0.25, 0.3) is 11.6 Å². The van der Waals surface area contributed by atoms with Crippen LogP contribution in [0.4, 0.5) is 0 Å². The zero-order valence-electron chi connectivity index (χ0n) is 10.7. The molecular weight excluding hydrogens is 240 g/mol. The van der Waals surface area contributed by atoms with Crippen molar-refractivity contribution < 1.29 is 0 Å². The number of aromatic nitrogens is 5. The molecule has 19 heavy (non-hydrogen) atoms. The van der Waals surface area contributed by atoms with Gasteiger partial charge in [0.05, 0.1) is 11.4 Å². The van der Waals surface area contributed by atoms with Crippen LogP contribution in [-0.4, -0.2) is 31.7 Å². The average Bonchev–Trinajstić information content (AvgIpc) is 2.90. The maximum atomic E-state index is 4.77. The lowest BCUT2D eigenvalue weighted by molar-refractivity contribution is 0.404. The number of hydrogen-bond acceptors (Lipinski definition) is 5. The van der Waals surface area contributed by atoms with Crippen LogP contribution in [0.15, 0.2) is 6.33 Å². The first-order chi connectivity index (χ1) is 9.42. The van der Waals surface area contributed by atoms with Gasteiger partial charge in [-0.3, -0.25) is 5.10 Å². The fourth-order valence-corrected chi connectivity index (χ4v) is 2.81. The van der Waals surface area contributed by atoms with Crippen LogP contribution >= 0.6 is 0 Å². The average molecular weight is 256 g/mol. The Morgan fingerprint density at radius 2 is 2.16 bits per heavy atom. The van der Waals surface area contributed by atoms with Crippen LogP contribution in [0, 0.1) is 0 Å². The van der Waals surface area contributed by atoms with E-state index in [1.54, 1.807) is 0 Å². The molecule has 3 heterocycles. The summed E-state index contributed by atoms with van der Waals surface area (Å²) in [7, 11) is 0. The van der Waals surface area contributed by atoms with Gasteiger partial charge < -0.3 is 5.32 Å². The largest absolute Gasteiger partial charge is 0.312 e. The van der Waals surface area contributed by atoms with Crippen LogP contribution in [0.5, 0.6) is 0 Å². The highest BCUT2D eigenvalue weighted by Crippen LogP contribution is 2.38. The predicted molar refractivity (Wildman–Crippen MR) is 69.4 cm³/mol. The molecular formula is C13H16N6. The molecule has 6 nitrogen and oxygen atoms in total. The number of fused-ring (bicyclic) bond motifs is 1.